The minimum Gasteiger partial charge on any atom is -0.372 e. The molecule has 0 saturated carbocycles. The van der Waals surface area contributed by atoms with Crippen LogP contribution in [0.2, 0.25) is 0 Å². The summed E-state index contributed by atoms with van der Waals surface area (Å²) in [4.78, 5) is 23.2. The van der Waals surface area contributed by atoms with Crippen LogP contribution < -0.4 is 15.1 Å². The van der Waals surface area contributed by atoms with Gasteiger partial charge in [-0.1, -0.05) is 6.07 Å². The van der Waals surface area contributed by atoms with Crippen LogP contribution in [0.25, 0.3) is 0 Å². The molecule has 0 spiro atoms. The Morgan fingerprint density at radius 3 is 2.50 bits per heavy atom. The molecule has 1 aliphatic heterocycles. The van der Waals surface area contributed by atoms with Crippen molar-refractivity contribution in [2.75, 3.05) is 49.1 Å². The molecule has 0 bridgehead atoms. The summed E-state index contributed by atoms with van der Waals surface area (Å²) in [6, 6.07) is 10.6. The first kappa shape index (κ1) is 20.0. The van der Waals surface area contributed by atoms with E-state index < -0.39 is 0 Å². The van der Waals surface area contributed by atoms with Crippen molar-refractivity contribution < 1.29 is 4.79 Å². The third-order valence-corrected chi connectivity index (χ3v) is 5.38. The molecule has 1 fully saturated rings. The molecule has 1 aliphatic rings. The molecule has 0 atom stereocenters. The van der Waals surface area contributed by atoms with Crippen LogP contribution in [0.1, 0.15) is 25.0 Å². The Kier molecular flexibility index (Phi) is 6.74. The lowest BCUT2D eigenvalue weighted by atomic mass is 10.1. The maximum atomic E-state index is 12.4. The van der Waals surface area contributed by atoms with Gasteiger partial charge in [0.1, 0.15) is 0 Å². The second kappa shape index (κ2) is 9.44. The van der Waals surface area contributed by atoms with Gasteiger partial charge in [-0.3, -0.25) is 4.98 Å². The lowest BCUT2D eigenvalue weighted by Gasteiger charge is -2.37. The predicted octanol–water partition coefficient (Wildman–Crippen LogP) is 3.27. The smallest absolute Gasteiger partial charge is 0.317 e. The minimum absolute atomic E-state index is 0.00268. The molecule has 2 amide bonds. The van der Waals surface area contributed by atoms with Crippen LogP contribution in [0.5, 0.6) is 0 Å². The van der Waals surface area contributed by atoms with Crippen LogP contribution in [-0.2, 0) is 6.54 Å². The fourth-order valence-corrected chi connectivity index (χ4v) is 3.72. The molecular weight excluding hydrogens is 350 g/mol. The highest BCUT2D eigenvalue weighted by Crippen LogP contribution is 2.26. The first-order valence-electron chi connectivity index (χ1n) is 10.1. The van der Waals surface area contributed by atoms with Gasteiger partial charge in [0.15, 0.2) is 0 Å². The number of hydrogen-bond acceptors (Lipinski definition) is 4. The number of urea groups is 1. The number of anilines is 2. The van der Waals surface area contributed by atoms with Crippen molar-refractivity contribution in [3.8, 4) is 0 Å². The molecule has 1 aromatic carbocycles. The topological polar surface area (TPSA) is 51.7 Å². The first-order chi connectivity index (χ1) is 13.6. The first-order valence-corrected chi connectivity index (χ1v) is 10.1. The second-order valence-electron chi connectivity index (χ2n) is 7.14. The van der Waals surface area contributed by atoms with Crippen LogP contribution in [0, 0.1) is 6.92 Å². The molecule has 0 unspecified atom stereocenters. The van der Waals surface area contributed by atoms with E-state index in [1.807, 2.05) is 17.0 Å². The number of carbonyl (C=O) groups excluding carboxylic acids is 1. The van der Waals surface area contributed by atoms with Gasteiger partial charge in [-0.15, -0.1) is 0 Å². The summed E-state index contributed by atoms with van der Waals surface area (Å²) in [5.74, 6) is 0. The van der Waals surface area contributed by atoms with Gasteiger partial charge < -0.3 is 20.0 Å². The van der Waals surface area contributed by atoms with E-state index in [4.69, 9.17) is 0 Å². The summed E-state index contributed by atoms with van der Waals surface area (Å²) in [5, 5.41) is 2.99. The van der Waals surface area contributed by atoms with Crippen LogP contribution in [-0.4, -0.2) is 55.2 Å². The van der Waals surface area contributed by atoms with E-state index >= 15 is 0 Å². The standard InChI is InChI=1S/C22H31N5O/c1-4-25(5-2)20-8-9-21(18(3)15-20)26-11-13-27(14-12-26)22(28)24-17-19-7-6-10-23-16-19/h6-10,15-16H,4-5,11-14,17H2,1-3H3,(H,24,28). The lowest BCUT2D eigenvalue weighted by molar-refractivity contribution is 0.194. The van der Waals surface area contributed by atoms with Gasteiger partial charge in [0.2, 0.25) is 0 Å². The van der Waals surface area contributed by atoms with E-state index in [0.29, 0.717) is 6.54 Å². The number of aryl methyl sites for hydroxylation is 1. The molecule has 2 heterocycles. The van der Waals surface area contributed by atoms with Gasteiger partial charge >= 0.3 is 6.03 Å². The molecule has 3 rings (SSSR count). The largest absolute Gasteiger partial charge is 0.372 e. The molecule has 2 aromatic rings. The number of pyridine rings is 1. The highest BCUT2D eigenvalue weighted by molar-refractivity contribution is 5.74. The summed E-state index contributed by atoms with van der Waals surface area (Å²) in [6.07, 6.45) is 3.52. The minimum atomic E-state index is -0.00268. The Labute approximate surface area is 168 Å². The number of benzene rings is 1. The molecule has 6 heteroatoms. The number of hydrogen-bond donors (Lipinski definition) is 1. The Morgan fingerprint density at radius 2 is 1.89 bits per heavy atom. The highest BCUT2D eigenvalue weighted by atomic mass is 16.2. The van der Waals surface area contributed by atoms with Gasteiger partial charge in [0.25, 0.3) is 0 Å². The van der Waals surface area contributed by atoms with Gasteiger partial charge in [-0.2, -0.15) is 0 Å². The number of carbonyl (C=O) groups is 1. The summed E-state index contributed by atoms with van der Waals surface area (Å²) >= 11 is 0. The molecule has 1 N–H and O–H groups in total. The van der Waals surface area contributed by atoms with Gasteiger partial charge in [0.05, 0.1) is 0 Å². The average Bonchev–Trinajstić information content (AvgIpc) is 2.74. The zero-order valence-corrected chi connectivity index (χ0v) is 17.2. The Morgan fingerprint density at radius 1 is 1.14 bits per heavy atom. The van der Waals surface area contributed by atoms with E-state index in [-0.39, 0.29) is 6.03 Å². The van der Waals surface area contributed by atoms with E-state index in [1.54, 1.807) is 12.4 Å². The summed E-state index contributed by atoms with van der Waals surface area (Å²) in [6.45, 7) is 12.3. The number of piperazine rings is 1. The Bertz CT molecular complexity index is 768. The number of nitrogens with one attached hydrogen (secondary N) is 1. The maximum Gasteiger partial charge on any atom is 0.317 e. The van der Waals surface area contributed by atoms with Crippen LogP contribution in [0.15, 0.2) is 42.7 Å². The SMILES string of the molecule is CCN(CC)c1ccc(N2CCN(C(=O)NCc3cccnc3)CC2)c(C)c1. The Balaban J connectivity index is 1.54. The fourth-order valence-electron chi connectivity index (χ4n) is 3.72. The van der Waals surface area contributed by atoms with E-state index in [1.165, 1.54) is 16.9 Å². The fraction of sp³-hybridized carbons (Fsp3) is 0.455. The summed E-state index contributed by atoms with van der Waals surface area (Å²) in [7, 11) is 0. The van der Waals surface area contributed by atoms with Crippen molar-refractivity contribution in [3.63, 3.8) is 0 Å². The third-order valence-electron chi connectivity index (χ3n) is 5.38. The monoisotopic (exact) mass is 381 g/mol. The molecular formula is C22H31N5O. The van der Waals surface area contributed by atoms with E-state index in [0.717, 1.165) is 44.8 Å². The molecule has 1 saturated heterocycles. The molecule has 0 radical (unpaired) electrons. The van der Waals surface area contributed by atoms with Crippen molar-refractivity contribution in [1.82, 2.24) is 15.2 Å². The van der Waals surface area contributed by atoms with Crippen molar-refractivity contribution in [3.05, 3.63) is 53.9 Å². The zero-order valence-electron chi connectivity index (χ0n) is 17.2. The molecule has 28 heavy (non-hydrogen) atoms. The average molecular weight is 382 g/mol. The van der Waals surface area contributed by atoms with Gasteiger partial charge in [-0.25, -0.2) is 4.79 Å². The highest BCUT2D eigenvalue weighted by Gasteiger charge is 2.22. The van der Waals surface area contributed by atoms with Crippen molar-refractivity contribution in [2.45, 2.75) is 27.3 Å². The summed E-state index contributed by atoms with van der Waals surface area (Å²) < 4.78 is 0. The van der Waals surface area contributed by atoms with E-state index in [2.05, 4.69) is 59.1 Å². The second-order valence-corrected chi connectivity index (χ2v) is 7.14. The maximum absolute atomic E-state index is 12.4. The zero-order chi connectivity index (χ0) is 19.9. The molecule has 150 valence electrons. The van der Waals surface area contributed by atoms with Crippen molar-refractivity contribution in [1.29, 1.82) is 0 Å². The van der Waals surface area contributed by atoms with E-state index in [9.17, 15) is 4.79 Å². The molecule has 6 nitrogen and oxygen atoms in total. The predicted molar refractivity (Wildman–Crippen MR) is 115 cm³/mol. The van der Waals surface area contributed by atoms with Crippen molar-refractivity contribution in [2.24, 2.45) is 0 Å². The van der Waals surface area contributed by atoms with Crippen LogP contribution >= 0.6 is 0 Å². The Hall–Kier alpha value is -2.76. The van der Waals surface area contributed by atoms with Crippen molar-refractivity contribution >= 4 is 17.4 Å². The lowest BCUT2D eigenvalue weighted by Crippen LogP contribution is -2.51. The normalized spacial score (nSPS) is 14.1. The molecule has 0 aliphatic carbocycles. The number of rotatable bonds is 6. The number of nitrogens with zero attached hydrogens (tertiary/aromatic N) is 4. The summed E-state index contributed by atoms with van der Waals surface area (Å²) in [5.41, 5.74) is 4.85. The number of aromatic nitrogens is 1. The quantitative estimate of drug-likeness (QED) is 0.834. The molecule has 1 aromatic heterocycles. The van der Waals surface area contributed by atoms with Crippen LogP contribution in [0.3, 0.4) is 0 Å². The van der Waals surface area contributed by atoms with Gasteiger partial charge in [-0.05, 0) is 56.2 Å². The van der Waals surface area contributed by atoms with Gasteiger partial charge in [0, 0.05) is 69.6 Å². The van der Waals surface area contributed by atoms with Crippen LogP contribution in [0.4, 0.5) is 16.2 Å². The third kappa shape index (κ3) is 4.74. The number of amides is 2.